The van der Waals surface area contributed by atoms with Crippen LogP contribution in [0.25, 0.3) is 11.4 Å². The molecule has 0 saturated carbocycles. The molecule has 0 amide bonds. The molecule has 0 fully saturated rings. The molecule has 0 aliphatic carbocycles. The summed E-state index contributed by atoms with van der Waals surface area (Å²) in [5.74, 6) is 1.11. The van der Waals surface area contributed by atoms with Gasteiger partial charge in [-0.3, -0.25) is 4.98 Å². The second kappa shape index (κ2) is 6.30. The van der Waals surface area contributed by atoms with Crippen LogP contribution in [0.15, 0.2) is 48.8 Å². The predicted octanol–water partition coefficient (Wildman–Crippen LogP) is 4.90. The molecule has 6 heteroatoms. The number of aryl methyl sites for hydroxylation is 1. The third-order valence-corrected chi connectivity index (χ3v) is 3.54. The zero-order chi connectivity index (χ0) is 15.5. The minimum atomic E-state index is 0.355. The largest absolute Gasteiger partial charge is 0.339 e. The van der Waals surface area contributed by atoms with Crippen molar-refractivity contribution in [2.75, 3.05) is 5.32 Å². The lowest BCUT2D eigenvalue weighted by molar-refractivity contribution is 1.17. The van der Waals surface area contributed by atoms with E-state index in [-0.39, 0.29) is 0 Å². The maximum Gasteiger partial charge on any atom is 0.163 e. The van der Waals surface area contributed by atoms with Crippen LogP contribution in [0.4, 0.5) is 11.5 Å². The Morgan fingerprint density at radius 1 is 0.955 bits per heavy atom. The number of hydrogen-bond donors (Lipinski definition) is 1. The SMILES string of the molecule is Cc1ccc(Cl)c(Nc2cc(Cl)nc(-c3ccncc3)n2)c1. The monoisotopic (exact) mass is 330 g/mol. The van der Waals surface area contributed by atoms with Gasteiger partial charge >= 0.3 is 0 Å². The molecular formula is C16H12Cl2N4. The van der Waals surface area contributed by atoms with Crippen molar-refractivity contribution in [3.63, 3.8) is 0 Å². The van der Waals surface area contributed by atoms with Crippen LogP contribution in [0.5, 0.6) is 0 Å². The second-order valence-electron chi connectivity index (χ2n) is 4.74. The number of anilines is 2. The van der Waals surface area contributed by atoms with Crippen molar-refractivity contribution in [1.29, 1.82) is 0 Å². The quantitative estimate of drug-likeness (QED) is 0.694. The second-order valence-corrected chi connectivity index (χ2v) is 5.54. The maximum absolute atomic E-state index is 6.20. The third-order valence-electron chi connectivity index (χ3n) is 3.02. The minimum Gasteiger partial charge on any atom is -0.339 e. The van der Waals surface area contributed by atoms with Gasteiger partial charge in [0.1, 0.15) is 11.0 Å². The smallest absolute Gasteiger partial charge is 0.163 e. The highest BCUT2D eigenvalue weighted by molar-refractivity contribution is 6.33. The van der Waals surface area contributed by atoms with Gasteiger partial charge in [0.15, 0.2) is 5.82 Å². The number of aromatic nitrogens is 3. The van der Waals surface area contributed by atoms with Crippen molar-refractivity contribution in [1.82, 2.24) is 15.0 Å². The van der Waals surface area contributed by atoms with Gasteiger partial charge in [-0.2, -0.15) is 0 Å². The van der Waals surface area contributed by atoms with Crippen LogP contribution in [0.3, 0.4) is 0 Å². The third kappa shape index (κ3) is 3.35. The van der Waals surface area contributed by atoms with Gasteiger partial charge in [-0.15, -0.1) is 0 Å². The Morgan fingerprint density at radius 3 is 2.50 bits per heavy atom. The molecule has 0 spiro atoms. The highest BCUT2D eigenvalue weighted by atomic mass is 35.5. The summed E-state index contributed by atoms with van der Waals surface area (Å²) in [6.07, 6.45) is 3.37. The van der Waals surface area contributed by atoms with Gasteiger partial charge in [0.25, 0.3) is 0 Å². The molecule has 0 aliphatic heterocycles. The molecular weight excluding hydrogens is 319 g/mol. The molecule has 0 atom stereocenters. The van der Waals surface area contributed by atoms with Crippen LogP contribution in [0.1, 0.15) is 5.56 Å². The van der Waals surface area contributed by atoms with Gasteiger partial charge in [-0.1, -0.05) is 29.3 Å². The lowest BCUT2D eigenvalue weighted by Gasteiger charge is -2.10. The average Bonchev–Trinajstić information content (AvgIpc) is 2.51. The lowest BCUT2D eigenvalue weighted by Crippen LogP contribution is -1.98. The van der Waals surface area contributed by atoms with Crippen LogP contribution >= 0.6 is 23.2 Å². The summed E-state index contributed by atoms with van der Waals surface area (Å²) in [5, 5.41) is 4.15. The molecule has 4 nitrogen and oxygen atoms in total. The van der Waals surface area contributed by atoms with Crippen molar-refractivity contribution in [2.24, 2.45) is 0 Å². The summed E-state index contributed by atoms with van der Waals surface area (Å²) in [6, 6.07) is 11.0. The maximum atomic E-state index is 6.20. The van der Waals surface area contributed by atoms with E-state index in [1.165, 1.54) is 0 Å². The number of nitrogens with zero attached hydrogens (tertiary/aromatic N) is 3. The summed E-state index contributed by atoms with van der Waals surface area (Å²) < 4.78 is 0. The number of benzene rings is 1. The van der Waals surface area contributed by atoms with E-state index in [2.05, 4.69) is 20.3 Å². The zero-order valence-corrected chi connectivity index (χ0v) is 13.2. The Bertz CT molecular complexity index is 806. The first-order valence-electron chi connectivity index (χ1n) is 6.60. The van der Waals surface area contributed by atoms with Crippen molar-refractivity contribution in [3.05, 3.63) is 64.5 Å². The highest BCUT2D eigenvalue weighted by Crippen LogP contribution is 2.27. The highest BCUT2D eigenvalue weighted by Gasteiger charge is 2.08. The standard InChI is InChI=1S/C16H12Cl2N4/c1-10-2-3-12(17)13(8-10)20-15-9-14(18)21-16(22-15)11-4-6-19-7-5-11/h2-9H,1H3,(H,20,21,22). The van der Waals surface area contributed by atoms with E-state index in [0.29, 0.717) is 21.8 Å². The summed E-state index contributed by atoms with van der Waals surface area (Å²) in [5.41, 5.74) is 2.72. The van der Waals surface area contributed by atoms with Gasteiger partial charge < -0.3 is 5.32 Å². The molecule has 0 saturated heterocycles. The van der Waals surface area contributed by atoms with Gasteiger partial charge in [0.05, 0.1) is 10.7 Å². The lowest BCUT2D eigenvalue weighted by atomic mass is 10.2. The number of hydrogen-bond acceptors (Lipinski definition) is 4. The summed E-state index contributed by atoms with van der Waals surface area (Å²) in [7, 11) is 0. The van der Waals surface area contributed by atoms with Crippen LogP contribution < -0.4 is 5.32 Å². The normalized spacial score (nSPS) is 10.5. The minimum absolute atomic E-state index is 0.355. The molecule has 22 heavy (non-hydrogen) atoms. The molecule has 1 aromatic carbocycles. The molecule has 3 rings (SSSR count). The fourth-order valence-electron chi connectivity index (χ4n) is 1.98. The Hall–Kier alpha value is -2.17. The van der Waals surface area contributed by atoms with Crippen LogP contribution in [0.2, 0.25) is 10.2 Å². The fraction of sp³-hybridized carbons (Fsp3) is 0.0625. The first kappa shape index (κ1) is 14.8. The van der Waals surface area contributed by atoms with Gasteiger partial charge in [-0.05, 0) is 36.8 Å². The molecule has 2 aromatic heterocycles. The molecule has 110 valence electrons. The molecule has 0 radical (unpaired) electrons. The van der Waals surface area contributed by atoms with Crippen molar-refractivity contribution >= 4 is 34.7 Å². The first-order chi connectivity index (χ1) is 10.6. The molecule has 1 N–H and O–H groups in total. The van der Waals surface area contributed by atoms with E-state index in [0.717, 1.165) is 16.8 Å². The van der Waals surface area contributed by atoms with E-state index >= 15 is 0 Å². The number of nitrogens with one attached hydrogen (secondary N) is 1. The van der Waals surface area contributed by atoms with Crippen LogP contribution in [0, 0.1) is 6.92 Å². The summed E-state index contributed by atoms with van der Waals surface area (Å²) in [6.45, 7) is 2.00. The van der Waals surface area contributed by atoms with E-state index in [1.807, 2.05) is 37.3 Å². The van der Waals surface area contributed by atoms with Crippen molar-refractivity contribution < 1.29 is 0 Å². The molecule has 0 aliphatic rings. The van der Waals surface area contributed by atoms with E-state index in [4.69, 9.17) is 23.2 Å². The van der Waals surface area contributed by atoms with Crippen molar-refractivity contribution in [3.8, 4) is 11.4 Å². The molecule has 2 heterocycles. The Labute approximate surface area is 138 Å². The molecule has 0 bridgehead atoms. The van der Waals surface area contributed by atoms with Crippen LogP contribution in [-0.2, 0) is 0 Å². The van der Waals surface area contributed by atoms with E-state index in [9.17, 15) is 0 Å². The summed E-state index contributed by atoms with van der Waals surface area (Å²) in [4.78, 5) is 12.7. The van der Waals surface area contributed by atoms with Gasteiger partial charge in [-0.25, -0.2) is 9.97 Å². The predicted molar refractivity (Wildman–Crippen MR) is 89.7 cm³/mol. The molecule has 0 unspecified atom stereocenters. The number of pyridine rings is 1. The van der Waals surface area contributed by atoms with E-state index in [1.54, 1.807) is 18.5 Å². The Morgan fingerprint density at radius 2 is 1.73 bits per heavy atom. The topological polar surface area (TPSA) is 50.7 Å². The number of rotatable bonds is 3. The van der Waals surface area contributed by atoms with Gasteiger partial charge in [0, 0.05) is 24.0 Å². The first-order valence-corrected chi connectivity index (χ1v) is 7.35. The fourth-order valence-corrected chi connectivity index (χ4v) is 2.33. The molecule has 3 aromatic rings. The summed E-state index contributed by atoms with van der Waals surface area (Å²) >= 11 is 12.3. The van der Waals surface area contributed by atoms with E-state index < -0.39 is 0 Å². The Balaban J connectivity index is 1.98. The van der Waals surface area contributed by atoms with Gasteiger partial charge in [0.2, 0.25) is 0 Å². The average molecular weight is 331 g/mol. The van der Waals surface area contributed by atoms with Crippen molar-refractivity contribution in [2.45, 2.75) is 6.92 Å². The van der Waals surface area contributed by atoms with Crippen LogP contribution in [-0.4, -0.2) is 15.0 Å². The number of halogens is 2. The zero-order valence-electron chi connectivity index (χ0n) is 11.7. The Kier molecular flexibility index (Phi) is 4.22.